The van der Waals surface area contributed by atoms with Crippen LogP contribution in [0.1, 0.15) is 0 Å². The molecule has 13 heavy (non-hydrogen) atoms. The first-order valence-electron chi connectivity index (χ1n) is 2.73. The molecule has 0 fully saturated rings. The topological polar surface area (TPSA) is 126 Å². The van der Waals surface area contributed by atoms with Crippen molar-refractivity contribution in [3.63, 3.8) is 0 Å². The van der Waals surface area contributed by atoms with Gasteiger partial charge in [0.05, 0.1) is 0 Å². The van der Waals surface area contributed by atoms with E-state index in [1.807, 2.05) is 10.9 Å². The van der Waals surface area contributed by atoms with Crippen molar-refractivity contribution >= 4 is 23.6 Å². The minimum atomic E-state index is -1.57. The number of aliphatic carboxylic acids is 2. The Bertz CT molecular complexity index is 269. The van der Waals surface area contributed by atoms with Gasteiger partial charge in [0.2, 0.25) is 0 Å². The molecule has 0 aromatic carbocycles. The molecule has 1 aliphatic heterocycles. The first-order chi connectivity index (χ1) is 5.61. The Labute approximate surface area is 114 Å². The van der Waals surface area contributed by atoms with Crippen LogP contribution in [0.5, 0.6) is 0 Å². The molecule has 0 spiro atoms. The predicted octanol–water partition coefficient (Wildman–Crippen LogP) is -6.36. The van der Waals surface area contributed by atoms with Gasteiger partial charge in [0, 0.05) is 0 Å². The van der Waals surface area contributed by atoms with E-state index in [0.29, 0.717) is 0 Å². The van der Waals surface area contributed by atoms with E-state index in [1.165, 1.54) is 0 Å². The number of nitrogens with zero attached hydrogens (tertiary/aromatic N) is 2. The summed E-state index contributed by atoms with van der Waals surface area (Å²) in [7, 11) is 0. The first kappa shape index (κ1) is 12.5. The van der Waals surface area contributed by atoms with Crippen LogP contribution >= 0.6 is 0 Å². The fraction of sp³-hybridized carbons (Fsp3) is 0. The maximum atomic E-state index is 10.2. The molecular weight excluding hydrogens is 207 g/mol. The zero-order valence-electron chi connectivity index (χ0n) is 6.57. The Morgan fingerprint density at radius 1 is 1.23 bits per heavy atom. The largest absolute Gasteiger partial charge is 1.00 e. The van der Waals surface area contributed by atoms with Crippen LogP contribution in [-0.4, -0.2) is 28.7 Å². The molecule has 1 heterocycles. The average Bonchev–Trinajstić information content (AvgIpc) is 2.04. The molecule has 0 unspecified atom stereocenters. The second kappa shape index (κ2) is 5.29. The Balaban J connectivity index is 0.00000144. The number of amidine groups is 2. The summed E-state index contributed by atoms with van der Waals surface area (Å²) in [5.41, 5.74) is 3.79. The number of carboxylic acids is 2. The van der Waals surface area contributed by atoms with Crippen LogP contribution in [0, 0.1) is 0 Å². The molecule has 0 aromatic rings. The normalized spacial score (nSPS) is 13.8. The minimum absolute atomic E-state index is 0. The third kappa shape index (κ3) is 3.40. The van der Waals surface area contributed by atoms with Crippen molar-refractivity contribution in [2.45, 2.75) is 0 Å². The molecule has 0 saturated carbocycles. The Hall–Kier alpha value is -0.484. The zero-order chi connectivity index (χ0) is 9.14. The van der Waals surface area contributed by atoms with Crippen LogP contribution in [-0.2, 0) is 9.59 Å². The first-order valence-corrected chi connectivity index (χ1v) is 2.73. The fourth-order valence-corrected chi connectivity index (χ4v) is 0.455. The van der Waals surface area contributed by atoms with E-state index in [4.69, 9.17) is 5.11 Å². The molecule has 0 atom stereocenters. The van der Waals surface area contributed by atoms with Crippen molar-refractivity contribution in [1.82, 2.24) is 10.9 Å². The summed E-state index contributed by atoms with van der Waals surface area (Å²) < 4.78 is 0. The summed E-state index contributed by atoms with van der Waals surface area (Å²) in [6.45, 7) is 0. The summed E-state index contributed by atoms with van der Waals surface area (Å²) in [4.78, 5) is 20.2. The summed E-state index contributed by atoms with van der Waals surface area (Å²) in [6.07, 6.45) is 0. The van der Waals surface area contributed by atoms with E-state index in [2.05, 4.69) is 10.2 Å². The molecule has 0 saturated heterocycles. The van der Waals surface area contributed by atoms with Gasteiger partial charge < -0.3 is 15.0 Å². The average molecular weight is 210 g/mol. The summed E-state index contributed by atoms with van der Waals surface area (Å²) in [5.74, 6) is -3.97. The number of carbonyl (C=O) groups is 2. The monoisotopic (exact) mass is 210 g/mol. The second-order valence-electron chi connectivity index (χ2n) is 1.74. The van der Waals surface area contributed by atoms with Crippen molar-refractivity contribution in [2.75, 3.05) is 0 Å². The summed E-state index contributed by atoms with van der Waals surface area (Å²) in [5, 5.41) is 24.6. The van der Waals surface area contributed by atoms with E-state index in [9.17, 15) is 14.7 Å². The van der Waals surface area contributed by atoms with Gasteiger partial charge in [0.15, 0.2) is 5.84 Å². The summed E-state index contributed by atoms with van der Waals surface area (Å²) >= 11 is 0. The van der Waals surface area contributed by atoms with Crippen LogP contribution in [0.25, 0.3) is 0 Å². The molecule has 8 nitrogen and oxygen atoms in total. The Kier molecular flexibility index (Phi) is 5.09. The number of carbonyl (C=O) groups excluding carboxylic acids is 1. The van der Waals surface area contributed by atoms with Gasteiger partial charge in [-0.25, -0.2) is 4.79 Å². The van der Waals surface area contributed by atoms with E-state index < -0.39 is 23.6 Å². The molecule has 0 amide bonds. The van der Waals surface area contributed by atoms with Crippen LogP contribution in [0.15, 0.2) is 10.2 Å². The quantitative estimate of drug-likeness (QED) is 0.389. The van der Waals surface area contributed by atoms with Crippen LogP contribution in [0.3, 0.4) is 0 Å². The molecule has 0 bridgehead atoms. The van der Waals surface area contributed by atoms with E-state index in [0.717, 1.165) is 0 Å². The van der Waals surface area contributed by atoms with Gasteiger partial charge in [-0.15, -0.1) is 5.10 Å². The second-order valence-corrected chi connectivity index (χ2v) is 1.74. The van der Waals surface area contributed by atoms with Crippen LogP contribution in [0.2, 0.25) is 0 Å². The van der Waals surface area contributed by atoms with E-state index >= 15 is 0 Å². The fourth-order valence-electron chi connectivity index (χ4n) is 0.455. The number of hydrogen-bond acceptors (Lipinski definition) is 7. The smallest absolute Gasteiger partial charge is 0.541 e. The van der Waals surface area contributed by atoms with Gasteiger partial charge in [0.25, 0.3) is 5.84 Å². The van der Waals surface area contributed by atoms with Crippen molar-refractivity contribution < 1.29 is 71.2 Å². The van der Waals surface area contributed by atoms with E-state index in [-0.39, 0.29) is 51.4 Å². The number of nitrogens with one attached hydrogen (secondary N) is 2. The number of hydrogen-bond donors (Lipinski definition) is 3. The molecule has 0 aliphatic carbocycles. The molecule has 3 N–H and O–H groups in total. The van der Waals surface area contributed by atoms with Gasteiger partial charge in [0.1, 0.15) is 5.97 Å². The van der Waals surface area contributed by atoms with E-state index in [1.54, 1.807) is 0 Å². The molecule has 64 valence electrons. The SMILES string of the molecule is O=C([O-])C1=NNC(C(=O)O)=NN1.[K+]. The number of carboxylic acid groups (broad SMARTS) is 2. The van der Waals surface area contributed by atoms with Crippen molar-refractivity contribution in [3.05, 3.63) is 0 Å². The minimum Gasteiger partial charge on any atom is -0.541 e. The van der Waals surface area contributed by atoms with Gasteiger partial charge >= 0.3 is 57.4 Å². The van der Waals surface area contributed by atoms with Crippen molar-refractivity contribution in [2.24, 2.45) is 10.2 Å². The van der Waals surface area contributed by atoms with Crippen LogP contribution in [0.4, 0.5) is 0 Å². The van der Waals surface area contributed by atoms with Gasteiger partial charge in [-0.1, -0.05) is 0 Å². The molecule has 0 radical (unpaired) electrons. The standard InChI is InChI=1S/C4H4N4O4.K/c9-3(10)1-5-7-2(4(11)12)8-6-1;/h(H,5,6)(H,7,8)(H,9,10)(H,11,12);/q;+1/p-1. The summed E-state index contributed by atoms with van der Waals surface area (Å²) in [6, 6.07) is 0. The van der Waals surface area contributed by atoms with Crippen molar-refractivity contribution in [3.8, 4) is 0 Å². The predicted molar refractivity (Wildman–Crippen MR) is 33.8 cm³/mol. The Morgan fingerprint density at radius 2 is 1.69 bits per heavy atom. The van der Waals surface area contributed by atoms with Crippen molar-refractivity contribution in [1.29, 1.82) is 0 Å². The molecule has 1 aliphatic rings. The Morgan fingerprint density at radius 3 is 2.00 bits per heavy atom. The third-order valence-electron chi connectivity index (χ3n) is 0.943. The number of rotatable bonds is 2. The van der Waals surface area contributed by atoms with Crippen LogP contribution < -0.4 is 67.3 Å². The molecule has 1 rings (SSSR count). The third-order valence-corrected chi connectivity index (χ3v) is 0.943. The van der Waals surface area contributed by atoms with Gasteiger partial charge in [-0.05, 0) is 0 Å². The molecule has 9 heteroatoms. The molecular formula is C4H3KN4O4. The molecule has 0 aromatic heterocycles. The van der Waals surface area contributed by atoms with Gasteiger partial charge in [-0.3, -0.25) is 10.9 Å². The zero-order valence-corrected chi connectivity index (χ0v) is 9.69. The van der Waals surface area contributed by atoms with Gasteiger partial charge in [-0.2, -0.15) is 5.10 Å². The maximum Gasteiger partial charge on any atom is 1.00 e. The maximum absolute atomic E-state index is 10.2. The number of hydrazone groups is 2.